The average molecular weight is 293 g/mol. The summed E-state index contributed by atoms with van der Waals surface area (Å²) in [5.41, 5.74) is 6.28. The molecule has 2 N–H and O–H groups in total. The fraction of sp³-hybridized carbons (Fsp3) is 0.200. The molecular formula is C15H14ClFN2O. The molecule has 0 saturated heterocycles. The van der Waals surface area contributed by atoms with E-state index < -0.39 is 17.6 Å². The van der Waals surface area contributed by atoms with Crippen molar-refractivity contribution < 1.29 is 9.18 Å². The minimum absolute atomic E-state index is 0.0726. The van der Waals surface area contributed by atoms with Crippen molar-refractivity contribution in [3.63, 3.8) is 0 Å². The Morgan fingerprint density at radius 1 is 1.45 bits per heavy atom. The van der Waals surface area contributed by atoms with E-state index in [0.29, 0.717) is 12.0 Å². The van der Waals surface area contributed by atoms with E-state index in [1.165, 1.54) is 24.5 Å². The van der Waals surface area contributed by atoms with Gasteiger partial charge in [-0.3, -0.25) is 9.78 Å². The lowest BCUT2D eigenvalue weighted by Crippen LogP contribution is -2.14. The second-order valence-electron chi connectivity index (χ2n) is 4.41. The lowest BCUT2D eigenvalue weighted by molar-refractivity contribution is 0.103. The van der Waals surface area contributed by atoms with Crippen LogP contribution in [-0.2, 0) is 0 Å². The van der Waals surface area contributed by atoms with Gasteiger partial charge in [0.25, 0.3) is 0 Å². The van der Waals surface area contributed by atoms with Gasteiger partial charge in [-0.2, -0.15) is 0 Å². The zero-order chi connectivity index (χ0) is 14.7. The fourth-order valence-corrected chi connectivity index (χ4v) is 2.16. The molecule has 0 aliphatic rings. The fourth-order valence-electron chi connectivity index (χ4n) is 1.92. The normalized spacial score (nSPS) is 12.2. The summed E-state index contributed by atoms with van der Waals surface area (Å²) in [6.07, 6.45) is 3.49. The Morgan fingerprint density at radius 2 is 2.20 bits per heavy atom. The minimum Gasteiger partial charge on any atom is -0.324 e. The van der Waals surface area contributed by atoms with Crippen LogP contribution in [0.3, 0.4) is 0 Å². The summed E-state index contributed by atoms with van der Waals surface area (Å²) in [7, 11) is 0. The summed E-state index contributed by atoms with van der Waals surface area (Å²) in [5, 5.41) is 0.0726. The first kappa shape index (κ1) is 14.6. The van der Waals surface area contributed by atoms with Crippen molar-refractivity contribution in [1.29, 1.82) is 0 Å². The smallest absolute Gasteiger partial charge is 0.199 e. The van der Waals surface area contributed by atoms with Gasteiger partial charge in [0.2, 0.25) is 0 Å². The molecule has 0 radical (unpaired) electrons. The Kier molecular flexibility index (Phi) is 4.47. The lowest BCUT2D eigenvalue weighted by atomic mass is 9.97. The van der Waals surface area contributed by atoms with Crippen molar-refractivity contribution in [2.24, 2.45) is 5.73 Å². The number of hydrogen-bond acceptors (Lipinski definition) is 3. The summed E-state index contributed by atoms with van der Waals surface area (Å²) in [5.74, 6) is -1.15. The maximum absolute atomic E-state index is 14.5. The first-order valence-corrected chi connectivity index (χ1v) is 6.62. The molecule has 0 aliphatic heterocycles. The number of ketones is 1. The molecule has 0 spiro atoms. The van der Waals surface area contributed by atoms with Crippen molar-refractivity contribution in [1.82, 2.24) is 4.98 Å². The topological polar surface area (TPSA) is 56.0 Å². The van der Waals surface area contributed by atoms with Gasteiger partial charge in [0.15, 0.2) is 5.78 Å². The third kappa shape index (κ3) is 2.71. The molecule has 2 aromatic rings. The number of aromatic nitrogens is 1. The summed E-state index contributed by atoms with van der Waals surface area (Å²) in [6.45, 7) is 1.85. The third-order valence-electron chi connectivity index (χ3n) is 3.11. The van der Waals surface area contributed by atoms with Crippen molar-refractivity contribution >= 4 is 17.4 Å². The van der Waals surface area contributed by atoms with Gasteiger partial charge in [-0.05, 0) is 24.6 Å². The summed E-state index contributed by atoms with van der Waals surface area (Å²) < 4.78 is 14.5. The van der Waals surface area contributed by atoms with Gasteiger partial charge in [-0.15, -0.1) is 0 Å². The highest BCUT2D eigenvalue weighted by Gasteiger charge is 2.22. The van der Waals surface area contributed by atoms with Gasteiger partial charge >= 0.3 is 0 Å². The molecule has 0 saturated carbocycles. The van der Waals surface area contributed by atoms with Gasteiger partial charge < -0.3 is 5.73 Å². The number of rotatable bonds is 4. The van der Waals surface area contributed by atoms with Crippen LogP contribution in [0, 0.1) is 5.82 Å². The van der Waals surface area contributed by atoms with Gasteiger partial charge in [-0.25, -0.2) is 4.39 Å². The zero-order valence-electron chi connectivity index (χ0n) is 10.9. The van der Waals surface area contributed by atoms with Crippen LogP contribution in [0.1, 0.15) is 40.9 Å². The van der Waals surface area contributed by atoms with Crippen molar-refractivity contribution in [3.8, 4) is 0 Å². The predicted octanol–water partition coefficient (Wildman–Crippen LogP) is 3.51. The second kappa shape index (κ2) is 6.11. The van der Waals surface area contributed by atoms with Crippen molar-refractivity contribution in [3.05, 3.63) is 64.2 Å². The molecule has 5 heteroatoms. The number of nitrogens with zero attached hydrogens (tertiary/aromatic N) is 1. The molecule has 104 valence electrons. The molecule has 3 nitrogen and oxygen atoms in total. The molecule has 1 heterocycles. The molecule has 0 bridgehead atoms. The first-order chi connectivity index (χ1) is 9.56. The van der Waals surface area contributed by atoms with E-state index in [0.717, 1.165) is 0 Å². The Hall–Kier alpha value is -1.78. The molecule has 0 amide bonds. The predicted molar refractivity (Wildman–Crippen MR) is 76.3 cm³/mol. The van der Waals surface area contributed by atoms with Crippen molar-refractivity contribution in [2.45, 2.75) is 19.4 Å². The number of pyridine rings is 1. The van der Waals surface area contributed by atoms with Gasteiger partial charge in [0.1, 0.15) is 5.82 Å². The minimum atomic E-state index is -0.652. The number of benzene rings is 1. The van der Waals surface area contributed by atoms with Crippen LogP contribution in [0.4, 0.5) is 4.39 Å². The first-order valence-electron chi connectivity index (χ1n) is 6.24. The Morgan fingerprint density at radius 3 is 2.80 bits per heavy atom. The highest BCUT2D eigenvalue weighted by molar-refractivity contribution is 6.35. The number of carbonyl (C=O) groups excluding carboxylic acids is 1. The summed E-state index contributed by atoms with van der Waals surface area (Å²) in [6, 6.07) is 5.73. The van der Waals surface area contributed by atoms with E-state index in [1.54, 1.807) is 12.1 Å². The van der Waals surface area contributed by atoms with Crippen molar-refractivity contribution in [2.75, 3.05) is 0 Å². The van der Waals surface area contributed by atoms with Gasteiger partial charge in [-0.1, -0.05) is 24.6 Å². The van der Waals surface area contributed by atoms with Crippen LogP contribution in [0.25, 0.3) is 0 Å². The van der Waals surface area contributed by atoms with E-state index in [1.807, 2.05) is 6.92 Å². The maximum Gasteiger partial charge on any atom is 0.199 e. The lowest BCUT2D eigenvalue weighted by Gasteiger charge is -2.14. The maximum atomic E-state index is 14.5. The number of carbonyl (C=O) groups is 1. The van der Waals surface area contributed by atoms with E-state index in [9.17, 15) is 9.18 Å². The van der Waals surface area contributed by atoms with Crippen LogP contribution >= 0.6 is 11.6 Å². The molecule has 2 rings (SSSR count). The molecule has 1 atom stereocenters. The van der Waals surface area contributed by atoms with E-state index in [4.69, 9.17) is 17.3 Å². The quantitative estimate of drug-likeness (QED) is 0.877. The van der Waals surface area contributed by atoms with Crippen LogP contribution < -0.4 is 5.73 Å². The van der Waals surface area contributed by atoms with Crippen LogP contribution in [0.15, 0.2) is 36.7 Å². The second-order valence-corrected chi connectivity index (χ2v) is 4.82. The monoisotopic (exact) mass is 292 g/mol. The number of hydrogen-bond donors (Lipinski definition) is 1. The standard InChI is InChI=1S/C15H14ClFN2O/c1-2-12(18)10-5-6-11(16)13(14(10)17)15(20)9-4-3-7-19-8-9/h3-8,12H,2,18H2,1H3. The van der Waals surface area contributed by atoms with E-state index in [2.05, 4.69) is 4.98 Å². The molecule has 0 fully saturated rings. The highest BCUT2D eigenvalue weighted by Crippen LogP contribution is 2.28. The molecule has 1 aromatic carbocycles. The molecule has 1 aromatic heterocycles. The summed E-state index contributed by atoms with van der Waals surface area (Å²) >= 11 is 5.97. The van der Waals surface area contributed by atoms with Crippen LogP contribution in [-0.4, -0.2) is 10.8 Å². The largest absolute Gasteiger partial charge is 0.324 e. The number of nitrogens with two attached hydrogens (primary N) is 1. The van der Waals surface area contributed by atoms with Crippen LogP contribution in [0.5, 0.6) is 0 Å². The third-order valence-corrected chi connectivity index (χ3v) is 3.43. The Labute approximate surface area is 121 Å². The van der Waals surface area contributed by atoms with Crippen LogP contribution in [0.2, 0.25) is 5.02 Å². The zero-order valence-corrected chi connectivity index (χ0v) is 11.7. The number of halogens is 2. The van der Waals surface area contributed by atoms with Gasteiger partial charge in [0, 0.05) is 29.6 Å². The molecule has 0 aliphatic carbocycles. The van der Waals surface area contributed by atoms with E-state index in [-0.39, 0.29) is 16.1 Å². The molecular weight excluding hydrogens is 279 g/mol. The Bertz CT molecular complexity index is 631. The SMILES string of the molecule is CCC(N)c1ccc(Cl)c(C(=O)c2cccnc2)c1F. The Balaban J connectivity index is 2.54. The molecule has 20 heavy (non-hydrogen) atoms. The summed E-state index contributed by atoms with van der Waals surface area (Å²) in [4.78, 5) is 16.2. The molecule has 1 unspecified atom stereocenters. The van der Waals surface area contributed by atoms with Gasteiger partial charge in [0.05, 0.1) is 10.6 Å². The highest BCUT2D eigenvalue weighted by atomic mass is 35.5. The average Bonchev–Trinajstić information content (AvgIpc) is 2.47. The van der Waals surface area contributed by atoms with E-state index >= 15 is 0 Å².